The third kappa shape index (κ3) is 86.1. The van der Waals surface area contributed by atoms with E-state index in [-0.39, 0.29) is 135 Å². The van der Waals surface area contributed by atoms with Gasteiger partial charge in [0.15, 0.2) is 0 Å². The molecule has 0 heterocycles. The smallest absolute Gasteiger partial charge is 1.00 e. The van der Waals surface area contributed by atoms with Gasteiger partial charge in [-0.25, -0.2) is 0 Å². The predicted octanol–water partition coefficient (Wildman–Crippen LogP) is -15.0. The summed E-state index contributed by atoms with van der Waals surface area (Å²) in [5.74, 6) is 2.00. The van der Waals surface area contributed by atoms with E-state index in [0.717, 1.165) is 0 Å². The number of hydrogen-bond donors (Lipinski definition) is 0. The Labute approximate surface area is 143 Å². The summed E-state index contributed by atoms with van der Waals surface area (Å²) in [4.78, 5) is 0. The van der Waals surface area contributed by atoms with Crippen LogP contribution in [0.1, 0.15) is 0 Å². The number of nitriles is 1. The molecule has 0 aliphatic carbocycles. The van der Waals surface area contributed by atoms with Crippen LogP contribution in [0.4, 0.5) is 0 Å². The molecule has 0 aliphatic heterocycles. The zero-order chi connectivity index (χ0) is 2.71. The summed E-state index contributed by atoms with van der Waals surface area (Å²) in [7, 11) is 0.0694. The van der Waals surface area contributed by atoms with Crippen LogP contribution in [0.5, 0.6) is 0 Å². The zero-order valence-corrected chi connectivity index (χ0v) is 12.8. The zero-order valence-electron chi connectivity index (χ0n) is 4.90. The van der Waals surface area contributed by atoms with Crippen molar-refractivity contribution in [2.24, 2.45) is 0 Å². The van der Waals surface area contributed by atoms with Crippen molar-refractivity contribution in [2.45, 2.75) is 0 Å². The van der Waals surface area contributed by atoms with Gasteiger partial charge in [-0.15, -0.1) is 0 Å². The molecule has 0 spiro atoms. The van der Waals surface area contributed by atoms with Gasteiger partial charge < -0.3 is 12.4 Å². The fourth-order valence-corrected chi connectivity index (χ4v) is 0. The van der Waals surface area contributed by atoms with Gasteiger partial charge >= 0.3 is 88.7 Å². The summed E-state index contributed by atoms with van der Waals surface area (Å²) in [6, 6.07) is 0. The molecule has 1 nitrogen and oxygen atoms in total. The summed E-state index contributed by atoms with van der Waals surface area (Å²) in [6.45, 7) is 0. The number of hydrogen-bond acceptors (Lipinski definition) is 1. The van der Waals surface area contributed by atoms with E-state index >= 15 is 0 Å². The van der Waals surface area contributed by atoms with Crippen LogP contribution in [0, 0.1) is 11.2 Å². The van der Waals surface area contributed by atoms with Gasteiger partial charge in [-0.3, -0.25) is 5.26 Å². The van der Waals surface area contributed by atoms with Gasteiger partial charge in [0.2, 0.25) is 0 Å². The Morgan fingerprint density at radius 3 is 1.11 bits per heavy atom. The minimum atomic E-state index is 0. The quantitative estimate of drug-likeness (QED) is 0.345. The monoisotopic (exact) mass is 186 g/mol. The summed E-state index contributed by atoms with van der Waals surface area (Å²) < 4.78 is 0. The minimum Gasteiger partial charge on any atom is -1.00 e. The topological polar surface area (TPSA) is 23.8 Å². The molecule has 0 N–H and O–H groups in total. The maximum absolute atomic E-state index is 7.43. The van der Waals surface area contributed by atoms with Gasteiger partial charge in [0, 0.05) is 17.4 Å². The molecule has 35 valence electrons. The standard InChI is InChI=1S/CH3BN.Al.BH4.ClH.3Na/c2-1-3;;;;;;/h2H3;;1H4;1H;;;/q-1;;-1;;3*+1/p-1. The first kappa shape index (κ1) is 55.0. The Morgan fingerprint density at radius 2 is 1.11 bits per heavy atom. The number of halogens is 1. The molecular weight excluding hydrogens is 179 g/mol. The van der Waals surface area contributed by atoms with Crippen LogP contribution in [0.3, 0.4) is 0 Å². The SMILES string of the molecule is [Al].[BH3-]C#N.[BH4-].[Cl-].[Na+].[Na+].[Na+]. The fraction of sp³-hybridized carbons (Fsp3) is 0. The van der Waals surface area contributed by atoms with Crippen molar-refractivity contribution < 1.29 is 101 Å². The first-order valence-electron chi connectivity index (χ1n) is 0.224. The van der Waals surface area contributed by atoms with Crippen LogP contribution in [0.2, 0.25) is 0 Å². The minimum absolute atomic E-state index is 0. The van der Waals surface area contributed by atoms with Gasteiger partial charge in [0.05, 0.1) is 7.85 Å². The van der Waals surface area contributed by atoms with Crippen LogP contribution in [-0.2, 0) is 0 Å². The van der Waals surface area contributed by atoms with Gasteiger partial charge in [-0.1, -0.05) is 8.41 Å². The molecule has 0 amide bonds. The van der Waals surface area contributed by atoms with Crippen LogP contribution >= 0.6 is 0 Å². The van der Waals surface area contributed by atoms with E-state index in [9.17, 15) is 0 Å². The van der Waals surface area contributed by atoms with Gasteiger partial charge in [0.25, 0.3) is 0 Å². The Bertz CT molecular complexity index is 43.3. The molecule has 0 saturated heterocycles. The van der Waals surface area contributed by atoms with E-state index in [1.54, 1.807) is 0 Å². The Morgan fingerprint density at radius 1 is 1.11 bits per heavy atom. The van der Waals surface area contributed by atoms with E-state index in [2.05, 4.69) is 0 Å². The summed E-state index contributed by atoms with van der Waals surface area (Å²) >= 11 is 0. The first-order chi connectivity index (χ1) is 1.41. The molecule has 8 heteroatoms. The molecule has 3 radical (unpaired) electrons. The van der Waals surface area contributed by atoms with Gasteiger partial charge in [-0.05, 0) is 0 Å². The summed E-state index contributed by atoms with van der Waals surface area (Å²) in [6.07, 6.45) is 0. The van der Waals surface area contributed by atoms with Crippen LogP contribution in [0.15, 0.2) is 0 Å². The predicted molar refractivity (Wildman–Crippen MR) is 32.6 cm³/mol. The van der Waals surface area contributed by atoms with Crippen LogP contribution in [-0.4, -0.2) is 33.6 Å². The van der Waals surface area contributed by atoms with Gasteiger partial charge in [0.1, 0.15) is 0 Å². The Balaban J connectivity index is -0.00000000133. The average molecular weight is 186 g/mol. The number of rotatable bonds is 0. The fourth-order valence-electron chi connectivity index (χ4n) is 0. The van der Waals surface area contributed by atoms with Crippen molar-refractivity contribution in [3.8, 4) is 5.97 Å². The molecule has 0 aromatic carbocycles. The molecule has 0 aromatic rings. The molecule has 9 heavy (non-hydrogen) atoms. The summed E-state index contributed by atoms with van der Waals surface area (Å²) in [5.41, 5.74) is 0. The first-order valence-corrected chi connectivity index (χ1v) is 0.224. The largest absolute Gasteiger partial charge is 1.00 e. The van der Waals surface area contributed by atoms with Crippen molar-refractivity contribution in [3.63, 3.8) is 0 Å². The Hall–Kier alpha value is 3.44. The maximum atomic E-state index is 7.43. The molecule has 0 unspecified atom stereocenters. The van der Waals surface area contributed by atoms with Crippen LogP contribution in [0.25, 0.3) is 0 Å². The molecular formula is CH7AlB2ClNNa3. The molecule has 0 saturated carbocycles. The molecule has 0 atom stereocenters. The third-order valence-corrected chi connectivity index (χ3v) is 0. The normalized spacial score (nSPS) is 0.889. The molecule has 0 aliphatic rings. The summed E-state index contributed by atoms with van der Waals surface area (Å²) in [5, 5.41) is 7.43. The second-order valence-corrected chi connectivity index (χ2v) is 0. The second kappa shape index (κ2) is 63.2. The molecule has 0 bridgehead atoms. The Kier molecular flexibility index (Phi) is 386. The van der Waals surface area contributed by atoms with Crippen molar-refractivity contribution in [1.82, 2.24) is 0 Å². The van der Waals surface area contributed by atoms with Crippen molar-refractivity contribution in [2.75, 3.05) is 0 Å². The second-order valence-electron chi connectivity index (χ2n) is 0. The average Bonchev–Trinajstić information content (AvgIpc) is 0.918. The van der Waals surface area contributed by atoms with E-state index in [1.165, 1.54) is 0 Å². The van der Waals surface area contributed by atoms with Crippen molar-refractivity contribution >= 4 is 33.6 Å². The van der Waals surface area contributed by atoms with E-state index in [1.807, 2.05) is 5.97 Å². The van der Waals surface area contributed by atoms with Crippen molar-refractivity contribution in [1.29, 1.82) is 5.26 Å². The molecule has 0 rings (SSSR count). The van der Waals surface area contributed by atoms with E-state index < -0.39 is 0 Å². The molecule has 0 aromatic heterocycles. The van der Waals surface area contributed by atoms with Crippen molar-refractivity contribution in [3.05, 3.63) is 0 Å². The maximum Gasteiger partial charge on any atom is 1.00 e. The van der Waals surface area contributed by atoms with Gasteiger partial charge in [-0.2, -0.15) is 5.97 Å². The number of nitrogens with zero attached hydrogens (tertiary/aromatic N) is 1. The van der Waals surface area contributed by atoms with E-state index in [0.29, 0.717) is 0 Å². The molecule has 0 fully saturated rings. The third-order valence-electron chi connectivity index (χ3n) is 0. The van der Waals surface area contributed by atoms with E-state index in [4.69, 9.17) is 5.26 Å². The van der Waals surface area contributed by atoms with Crippen LogP contribution < -0.4 is 101 Å².